The molecule has 6 atom stereocenters. The van der Waals surface area contributed by atoms with E-state index in [1.165, 1.54) is 19.3 Å². The first-order valence-electron chi connectivity index (χ1n) is 21.5. The number of carbonyl (C=O) groups is 3. The lowest BCUT2D eigenvalue weighted by atomic mass is 9.75. The summed E-state index contributed by atoms with van der Waals surface area (Å²) in [6.07, 6.45) is 10.1. The van der Waals surface area contributed by atoms with Gasteiger partial charge in [0.15, 0.2) is 6.29 Å². The van der Waals surface area contributed by atoms with Gasteiger partial charge in [-0.25, -0.2) is 5.48 Å². The predicted molar refractivity (Wildman–Crippen MR) is 223 cm³/mol. The lowest BCUT2D eigenvalue weighted by Crippen LogP contribution is -2.61. The molecular formula is C47H64N4O7. The van der Waals surface area contributed by atoms with Crippen LogP contribution in [0.15, 0.2) is 72.8 Å². The Morgan fingerprint density at radius 2 is 1.48 bits per heavy atom. The standard InChI is InChI=1S/C47H64N4O7/c1-47(2,3)49-45(55)41-27-26-34-12-9-11-15-40(34)51(41)30-38-28-42(35-20-18-32(31-52)19-21-35)58-46(57-38)36-24-22-33(23-25-36)39-14-10-8-13-37(39)29-48-43(53)16-6-4-5-7-17-44(54)50-56/h8,10,13-14,18-25,34,38,40-42,46,52,56H,4-7,9,11-12,15-17,26-31H2,1-3H3,(H,48,53)(H,49,55)(H,50,54). The van der Waals surface area contributed by atoms with Crippen LogP contribution in [0.3, 0.4) is 0 Å². The molecule has 11 nitrogen and oxygen atoms in total. The van der Waals surface area contributed by atoms with Crippen LogP contribution in [0.4, 0.5) is 0 Å². The van der Waals surface area contributed by atoms with Gasteiger partial charge < -0.3 is 25.2 Å². The molecule has 6 rings (SSSR count). The van der Waals surface area contributed by atoms with Crippen LogP contribution in [0, 0.1) is 5.92 Å². The number of amides is 3. The van der Waals surface area contributed by atoms with Crippen LogP contribution in [0.2, 0.25) is 0 Å². The average Bonchev–Trinajstić information content (AvgIpc) is 3.23. The van der Waals surface area contributed by atoms with Gasteiger partial charge in [-0.1, -0.05) is 98.5 Å². The maximum absolute atomic E-state index is 13.8. The highest BCUT2D eigenvalue weighted by atomic mass is 16.7. The molecule has 11 heteroatoms. The van der Waals surface area contributed by atoms with Gasteiger partial charge in [0, 0.05) is 49.5 Å². The van der Waals surface area contributed by atoms with Crippen LogP contribution < -0.4 is 16.1 Å². The monoisotopic (exact) mass is 796 g/mol. The maximum Gasteiger partial charge on any atom is 0.243 e. The summed E-state index contributed by atoms with van der Waals surface area (Å²) in [4.78, 5) is 40.2. The van der Waals surface area contributed by atoms with Crippen molar-refractivity contribution in [2.45, 2.75) is 154 Å². The van der Waals surface area contributed by atoms with Crippen molar-refractivity contribution in [1.29, 1.82) is 0 Å². The fourth-order valence-electron chi connectivity index (χ4n) is 9.03. The summed E-state index contributed by atoms with van der Waals surface area (Å²) < 4.78 is 13.6. The Hall–Kier alpha value is -4.13. The molecule has 0 radical (unpaired) electrons. The van der Waals surface area contributed by atoms with Gasteiger partial charge in [0.2, 0.25) is 17.7 Å². The summed E-state index contributed by atoms with van der Waals surface area (Å²) in [6, 6.07) is 24.5. The van der Waals surface area contributed by atoms with E-state index >= 15 is 0 Å². The van der Waals surface area contributed by atoms with E-state index in [4.69, 9.17) is 14.7 Å². The second kappa shape index (κ2) is 20.7. The quantitative estimate of drug-likeness (QED) is 0.0561. The fourth-order valence-corrected chi connectivity index (χ4v) is 9.03. The van der Waals surface area contributed by atoms with E-state index in [0.717, 1.165) is 71.9 Å². The number of aliphatic hydroxyl groups is 1. The number of hydrogen-bond donors (Lipinski definition) is 5. The largest absolute Gasteiger partial charge is 0.392 e. The van der Waals surface area contributed by atoms with Crippen LogP contribution in [0.25, 0.3) is 11.1 Å². The molecule has 2 heterocycles. The summed E-state index contributed by atoms with van der Waals surface area (Å²) in [6.45, 7) is 7.17. The number of hydroxylamine groups is 1. The lowest BCUT2D eigenvalue weighted by Gasteiger charge is -2.50. The number of piperidine rings is 1. The molecule has 3 aliphatic rings. The van der Waals surface area contributed by atoms with E-state index in [1.54, 1.807) is 5.48 Å². The van der Waals surface area contributed by atoms with Gasteiger partial charge in [-0.3, -0.25) is 24.5 Å². The van der Waals surface area contributed by atoms with Gasteiger partial charge in [-0.15, -0.1) is 0 Å². The Kier molecular flexibility index (Phi) is 15.5. The first-order chi connectivity index (χ1) is 28.0. The van der Waals surface area contributed by atoms with Crippen molar-refractivity contribution in [3.05, 3.63) is 95.1 Å². The molecule has 58 heavy (non-hydrogen) atoms. The molecule has 0 bridgehead atoms. The van der Waals surface area contributed by atoms with Gasteiger partial charge in [-0.05, 0) is 93.0 Å². The van der Waals surface area contributed by atoms with Crippen molar-refractivity contribution in [3.8, 4) is 11.1 Å². The second-order valence-electron chi connectivity index (χ2n) is 17.5. The summed E-state index contributed by atoms with van der Waals surface area (Å²) >= 11 is 0. The zero-order chi connectivity index (χ0) is 41.1. The van der Waals surface area contributed by atoms with E-state index in [-0.39, 0.29) is 54.5 Å². The van der Waals surface area contributed by atoms with E-state index in [9.17, 15) is 19.5 Å². The second-order valence-corrected chi connectivity index (χ2v) is 17.5. The highest BCUT2D eigenvalue weighted by Crippen LogP contribution is 2.42. The van der Waals surface area contributed by atoms with Crippen LogP contribution >= 0.6 is 0 Å². The number of benzene rings is 3. The van der Waals surface area contributed by atoms with Gasteiger partial charge in [0.1, 0.15) is 0 Å². The van der Waals surface area contributed by atoms with Gasteiger partial charge in [-0.2, -0.15) is 0 Å². The molecular weight excluding hydrogens is 733 g/mol. The van der Waals surface area contributed by atoms with Crippen LogP contribution in [-0.4, -0.2) is 63.2 Å². The molecule has 6 unspecified atom stereocenters. The third-order valence-electron chi connectivity index (χ3n) is 12.0. The number of aliphatic hydroxyl groups excluding tert-OH is 1. The van der Waals surface area contributed by atoms with Crippen molar-refractivity contribution in [3.63, 3.8) is 0 Å². The normalized spacial score (nSPS) is 23.7. The van der Waals surface area contributed by atoms with Crippen molar-refractivity contribution < 1.29 is 34.2 Å². The SMILES string of the molecule is CC(C)(C)NC(=O)C1CCC2CCCCC2N1CC1CC(c2ccc(CO)cc2)OC(c2ccc(-c3ccccc3CNC(=O)CCCCCCC(=O)NO)cc2)O1. The summed E-state index contributed by atoms with van der Waals surface area (Å²) in [5, 5.41) is 24.7. The van der Waals surface area contributed by atoms with Gasteiger partial charge >= 0.3 is 0 Å². The Morgan fingerprint density at radius 3 is 2.19 bits per heavy atom. The molecule has 3 aromatic rings. The number of nitrogens with zero attached hydrogens (tertiary/aromatic N) is 1. The van der Waals surface area contributed by atoms with E-state index in [1.807, 2.05) is 63.2 Å². The Balaban J connectivity index is 1.16. The van der Waals surface area contributed by atoms with Gasteiger partial charge in [0.25, 0.3) is 0 Å². The molecule has 2 aliphatic heterocycles. The highest BCUT2D eigenvalue weighted by Gasteiger charge is 2.44. The summed E-state index contributed by atoms with van der Waals surface area (Å²) in [5.41, 5.74) is 7.20. The molecule has 0 aromatic heterocycles. The molecule has 0 spiro atoms. The number of nitrogens with one attached hydrogen (secondary N) is 3. The first kappa shape index (κ1) is 43.4. The van der Waals surface area contributed by atoms with Crippen molar-refractivity contribution in [2.75, 3.05) is 6.54 Å². The number of unbranched alkanes of at least 4 members (excludes halogenated alkanes) is 3. The third-order valence-corrected chi connectivity index (χ3v) is 12.0. The summed E-state index contributed by atoms with van der Waals surface area (Å²) in [7, 11) is 0. The highest BCUT2D eigenvalue weighted by molar-refractivity contribution is 5.82. The number of fused-ring (bicyclic) bond motifs is 1. The van der Waals surface area contributed by atoms with Gasteiger partial charge in [0.05, 0.1) is 24.9 Å². The molecule has 1 aliphatic carbocycles. The number of rotatable bonds is 16. The molecule has 3 aromatic carbocycles. The zero-order valence-electron chi connectivity index (χ0n) is 34.6. The van der Waals surface area contributed by atoms with E-state index < -0.39 is 6.29 Å². The van der Waals surface area contributed by atoms with E-state index in [2.05, 4.69) is 45.9 Å². The average molecular weight is 797 g/mol. The lowest BCUT2D eigenvalue weighted by molar-refractivity contribution is -0.255. The summed E-state index contributed by atoms with van der Waals surface area (Å²) in [5.74, 6) is 0.304. The smallest absolute Gasteiger partial charge is 0.243 e. The van der Waals surface area contributed by atoms with Crippen LogP contribution in [0.5, 0.6) is 0 Å². The van der Waals surface area contributed by atoms with Crippen molar-refractivity contribution >= 4 is 17.7 Å². The number of carbonyl (C=O) groups excluding carboxylic acids is 3. The van der Waals surface area contributed by atoms with Crippen LogP contribution in [0.1, 0.15) is 139 Å². The minimum atomic E-state index is -0.620. The number of likely N-dealkylation sites (tertiary alicyclic amines) is 1. The molecule has 3 fully saturated rings. The minimum absolute atomic E-state index is 0.00956. The Bertz CT molecular complexity index is 1790. The van der Waals surface area contributed by atoms with Crippen LogP contribution in [-0.2, 0) is 37.0 Å². The Labute approximate surface area is 344 Å². The maximum atomic E-state index is 13.8. The molecule has 314 valence electrons. The number of hydrogen-bond acceptors (Lipinski definition) is 8. The third kappa shape index (κ3) is 12.0. The number of ether oxygens (including phenoxy) is 2. The predicted octanol–water partition coefficient (Wildman–Crippen LogP) is 7.79. The molecule has 2 saturated heterocycles. The first-order valence-corrected chi connectivity index (χ1v) is 21.5. The van der Waals surface area contributed by atoms with Crippen molar-refractivity contribution in [1.82, 2.24) is 21.0 Å². The topological polar surface area (TPSA) is 149 Å². The minimum Gasteiger partial charge on any atom is -0.392 e. The van der Waals surface area contributed by atoms with E-state index in [0.29, 0.717) is 44.3 Å². The van der Waals surface area contributed by atoms with Crippen molar-refractivity contribution in [2.24, 2.45) is 5.92 Å². The molecule has 3 amide bonds. The molecule has 1 saturated carbocycles. The Morgan fingerprint density at radius 1 is 0.793 bits per heavy atom. The zero-order valence-corrected chi connectivity index (χ0v) is 34.6. The fraction of sp³-hybridized carbons (Fsp3) is 0.553. The molecule has 5 N–H and O–H groups in total.